The topological polar surface area (TPSA) is 122 Å². The van der Waals surface area contributed by atoms with Crippen LogP contribution in [-0.2, 0) is 19.2 Å². The Bertz CT molecular complexity index is 585. The Morgan fingerprint density at radius 3 is 1.85 bits per heavy atom. The predicted molar refractivity (Wildman–Crippen MR) is 91.3 cm³/mol. The van der Waals surface area contributed by atoms with Gasteiger partial charge in [-0.2, -0.15) is 13.2 Å². The smallest absolute Gasteiger partial charge is 0.349 e. The van der Waals surface area contributed by atoms with Gasteiger partial charge in [-0.1, -0.05) is 20.8 Å². The Hall–Kier alpha value is -2.17. The number of hydrogen-bond donors (Lipinski definition) is 3. The van der Waals surface area contributed by atoms with Gasteiger partial charge in [0.25, 0.3) is 5.78 Å². The van der Waals surface area contributed by atoms with E-state index in [9.17, 15) is 32.3 Å². The lowest BCUT2D eigenvalue weighted by Gasteiger charge is -2.28. The van der Waals surface area contributed by atoms with Crippen LogP contribution in [0.1, 0.15) is 34.1 Å². The number of alkyl halides is 3. The molecule has 0 aromatic rings. The maximum absolute atomic E-state index is 12.5. The highest BCUT2D eigenvalue weighted by Crippen LogP contribution is 2.19. The second kappa shape index (κ2) is 9.16. The Labute approximate surface area is 156 Å². The number of carbonyl (C=O) groups excluding carboxylic acids is 4. The fourth-order valence-corrected chi connectivity index (χ4v) is 1.85. The molecule has 8 nitrogen and oxygen atoms in total. The molecule has 0 bridgehead atoms. The largest absolute Gasteiger partial charge is 0.452 e. The fraction of sp³-hybridized carbons (Fsp3) is 0.750. The van der Waals surface area contributed by atoms with Crippen LogP contribution in [0.15, 0.2) is 0 Å². The van der Waals surface area contributed by atoms with Gasteiger partial charge < -0.3 is 21.3 Å². The minimum atomic E-state index is -5.13. The number of carbonyl (C=O) groups is 4. The summed E-state index contributed by atoms with van der Waals surface area (Å²) >= 11 is 0. The van der Waals surface area contributed by atoms with Gasteiger partial charge in [0.05, 0.1) is 18.5 Å². The average molecular weight is 396 g/mol. The summed E-state index contributed by atoms with van der Waals surface area (Å²) in [4.78, 5) is 48.8. The predicted octanol–water partition coefficient (Wildman–Crippen LogP) is -0.0410. The zero-order valence-electron chi connectivity index (χ0n) is 16.2. The van der Waals surface area contributed by atoms with Crippen molar-refractivity contribution >= 4 is 23.5 Å². The van der Waals surface area contributed by atoms with Crippen molar-refractivity contribution in [3.05, 3.63) is 0 Å². The molecular formula is C16H27F3N4O4. The van der Waals surface area contributed by atoms with Crippen LogP contribution in [-0.4, -0.2) is 66.8 Å². The minimum Gasteiger partial charge on any atom is -0.349 e. The van der Waals surface area contributed by atoms with Gasteiger partial charge in [-0.25, -0.2) is 0 Å². The lowest BCUT2D eigenvalue weighted by atomic mass is 9.86. The van der Waals surface area contributed by atoms with E-state index in [1.807, 2.05) is 5.32 Å². The number of hydrogen-bond acceptors (Lipinski definition) is 5. The fourth-order valence-electron chi connectivity index (χ4n) is 1.85. The molecular weight excluding hydrogens is 369 g/mol. The van der Waals surface area contributed by atoms with Crippen molar-refractivity contribution in [1.29, 1.82) is 0 Å². The summed E-state index contributed by atoms with van der Waals surface area (Å²) in [5.41, 5.74) is 5.14. The zero-order valence-corrected chi connectivity index (χ0v) is 16.2. The highest BCUT2D eigenvalue weighted by molar-refractivity contribution is 5.97. The number of Topliss-reactive ketones (excluding diaryl/α,β-unsaturated/α-hetero) is 1. The summed E-state index contributed by atoms with van der Waals surface area (Å²) in [5, 5.41) is 4.15. The molecule has 4 N–H and O–H groups in total. The number of amides is 3. The van der Waals surface area contributed by atoms with Crippen LogP contribution in [0.4, 0.5) is 13.2 Å². The van der Waals surface area contributed by atoms with Gasteiger partial charge in [0.15, 0.2) is 0 Å². The molecule has 0 aliphatic carbocycles. The SMILES string of the molecule is C[C@@H](NC(=O)[C@@H](CC(=O)N(C)C)NC(=O)[C@@H](N)C(C)(C)C)C(=O)C(F)(F)F. The van der Waals surface area contributed by atoms with Crippen molar-refractivity contribution in [2.24, 2.45) is 11.1 Å². The van der Waals surface area contributed by atoms with Gasteiger partial charge >= 0.3 is 6.18 Å². The number of nitrogens with one attached hydrogen (secondary N) is 2. The third-order valence-corrected chi connectivity index (χ3v) is 3.76. The first-order valence-electron chi connectivity index (χ1n) is 8.16. The third-order valence-electron chi connectivity index (χ3n) is 3.76. The van der Waals surface area contributed by atoms with Crippen molar-refractivity contribution < 1.29 is 32.3 Å². The molecule has 0 aliphatic heterocycles. The highest BCUT2D eigenvalue weighted by Gasteiger charge is 2.43. The summed E-state index contributed by atoms with van der Waals surface area (Å²) in [6.45, 7) is 5.91. The van der Waals surface area contributed by atoms with Gasteiger partial charge in [-0.05, 0) is 12.3 Å². The summed E-state index contributed by atoms with van der Waals surface area (Å²) in [6.07, 6.45) is -5.63. The molecule has 0 aliphatic rings. The lowest BCUT2D eigenvalue weighted by molar-refractivity contribution is -0.173. The molecule has 0 saturated carbocycles. The molecule has 156 valence electrons. The number of halogens is 3. The van der Waals surface area contributed by atoms with E-state index in [4.69, 9.17) is 5.73 Å². The number of ketones is 1. The second-order valence-electron chi connectivity index (χ2n) is 7.49. The summed E-state index contributed by atoms with van der Waals surface area (Å²) < 4.78 is 37.4. The van der Waals surface area contributed by atoms with Gasteiger partial charge in [0, 0.05) is 14.1 Å². The van der Waals surface area contributed by atoms with E-state index >= 15 is 0 Å². The molecule has 3 atom stereocenters. The lowest BCUT2D eigenvalue weighted by Crippen LogP contribution is -2.57. The molecule has 0 fully saturated rings. The Morgan fingerprint density at radius 2 is 1.48 bits per heavy atom. The summed E-state index contributed by atoms with van der Waals surface area (Å²) in [6, 6.07) is -4.39. The molecule has 0 aromatic carbocycles. The van der Waals surface area contributed by atoms with Crippen LogP contribution in [0.5, 0.6) is 0 Å². The van der Waals surface area contributed by atoms with Crippen LogP contribution in [0, 0.1) is 5.41 Å². The minimum absolute atomic E-state index is 0.506. The van der Waals surface area contributed by atoms with Gasteiger partial charge in [0.1, 0.15) is 6.04 Å². The monoisotopic (exact) mass is 396 g/mol. The van der Waals surface area contributed by atoms with E-state index in [2.05, 4.69) is 5.32 Å². The highest BCUT2D eigenvalue weighted by atomic mass is 19.4. The molecule has 0 heterocycles. The maximum Gasteiger partial charge on any atom is 0.452 e. The van der Waals surface area contributed by atoms with Crippen molar-refractivity contribution in [2.75, 3.05) is 14.1 Å². The third kappa shape index (κ3) is 7.94. The van der Waals surface area contributed by atoms with Gasteiger partial charge in [-0.15, -0.1) is 0 Å². The normalized spacial score (nSPS) is 15.3. The van der Waals surface area contributed by atoms with Gasteiger partial charge in [0.2, 0.25) is 17.7 Å². The first-order chi connectivity index (χ1) is 12.0. The van der Waals surface area contributed by atoms with Crippen molar-refractivity contribution in [1.82, 2.24) is 15.5 Å². The Kier molecular flexibility index (Phi) is 8.42. The van der Waals surface area contributed by atoms with Crippen LogP contribution in [0.2, 0.25) is 0 Å². The van der Waals surface area contributed by atoms with E-state index in [0.29, 0.717) is 0 Å². The number of rotatable bonds is 7. The van der Waals surface area contributed by atoms with Crippen molar-refractivity contribution in [3.63, 3.8) is 0 Å². The van der Waals surface area contributed by atoms with Crippen LogP contribution >= 0.6 is 0 Å². The Balaban J connectivity index is 5.36. The molecule has 0 saturated heterocycles. The quantitative estimate of drug-likeness (QED) is 0.557. The molecule has 0 spiro atoms. The summed E-state index contributed by atoms with van der Waals surface area (Å²) in [5.74, 6) is -4.53. The van der Waals surface area contributed by atoms with Crippen LogP contribution < -0.4 is 16.4 Å². The second-order valence-corrected chi connectivity index (χ2v) is 7.49. The van der Waals surface area contributed by atoms with E-state index in [-0.39, 0.29) is 0 Å². The molecule has 0 aromatic heterocycles. The molecule has 11 heteroatoms. The van der Waals surface area contributed by atoms with Crippen LogP contribution in [0.3, 0.4) is 0 Å². The number of nitrogens with two attached hydrogens (primary N) is 1. The van der Waals surface area contributed by atoms with Crippen LogP contribution in [0.25, 0.3) is 0 Å². The standard InChI is InChI=1S/C16H27F3N4O4/c1-8(12(25)16(17,18)19)21-13(26)9(7-10(24)23(5)6)22-14(27)11(20)15(2,3)4/h8-9,11H,7,20H2,1-6H3,(H,21,26)(H,22,27)/t8-,9-,11-/m1/s1. The van der Waals surface area contributed by atoms with E-state index < -0.39 is 59.6 Å². The van der Waals surface area contributed by atoms with Crippen molar-refractivity contribution in [3.8, 4) is 0 Å². The van der Waals surface area contributed by atoms with Crippen molar-refractivity contribution in [2.45, 2.75) is 58.4 Å². The van der Waals surface area contributed by atoms with E-state index in [1.165, 1.54) is 14.1 Å². The number of nitrogens with zero attached hydrogens (tertiary/aromatic N) is 1. The average Bonchev–Trinajstić information content (AvgIpc) is 2.50. The van der Waals surface area contributed by atoms with Gasteiger partial charge in [-0.3, -0.25) is 19.2 Å². The Morgan fingerprint density at radius 1 is 1.00 bits per heavy atom. The molecule has 0 unspecified atom stereocenters. The summed E-state index contributed by atoms with van der Waals surface area (Å²) in [7, 11) is 2.83. The van der Waals surface area contributed by atoms with E-state index in [0.717, 1.165) is 11.8 Å². The zero-order chi connectivity index (χ0) is 21.7. The maximum atomic E-state index is 12.5. The molecule has 0 rings (SSSR count). The first kappa shape index (κ1) is 24.8. The van der Waals surface area contributed by atoms with E-state index in [1.54, 1.807) is 20.8 Å². The molecule has 3 amide bonds. The molecule has 0 radical (unpaired) electrons. The first-order valence-corrected chi connectivity index (χ1v) is 8.16. The molecule has 27 heavy (non-hydrogen) atoms.